The number of hydrogen-bond acceptors (Lipinski definition) is 6. The van der Waals surface area contributed by atoms with Crippen LogP contribution in [0.2, 0.25) is 0 Å². The quantitative estimate of drug-likeness (QED) is 0.711. The molecule has 136 valence electrons. The molecule has 1 saturated heterocycles. The van der Waals surface area contributed by atoms with E-state index in [1.807, 2.05) is 31.2 Å². The van der Waals surface area contributed by atoms with E-state index in [1.165, 1.54) is 12.8 Å². The number of pyridine rings is 1. The van der Waals surface area contributed by atoms with Gasteiger partial charge in [0.1, 0.15) is 0 Å². The molecule has 5 heterocycles. The second-order valence-corrected chi connectivity index (χ2v) is 6.93. The van der Waals surface area contributed by atoms with E-state index in [9.17, 15) is 4.79 Å². The average Bonchev–Trinajstić information content (AvgIpc) is 3.41. The lowest BCUT2D eigenvalue weighted by Crippen LogP contribution is -2.24. The van der Waals surface area contributed by atoms with E-state index < -0.39 is 0 Å². The Kier molecular flexibility index (Phi) is 3.63. The van der Waals surface area contributed by atoms with Crippen molar-refractivity contribution < 1.29 is 4.79 Å². The molecule has 0 spiro atoms. The van der Waals surface area contributed by atoms with Crippen molar-refractivity contribution in [2.45, 2.75) is 26.3 Å². The van der Waals surface area contributed by atoms with Crippen LogP contribution in [0.3, 0.4) is 0 Å². The van der Waals surface area contributed by atoms with Gasteiger partial charge in [-0.25, -0.2) is 4.68 Å². The molecule has 0 radical (unpaired) electrons. The van der Waals surface area contributed by atoms with Gasteiger partial charge in [0.05, 0.1) is 29.7 Å². The topological polar surface area (TPSA) is 80.0 Å². The third-order valence-corrected chi connectivity index (χ3v) is 5.08. The van der Waals surface area contributed by atoms with Crippen molar-refractivity contribution in [2.75, 3.05) is 22.9 Å². The number of carbonyl (C=O) groups excluding carboxylic acids is 1. The molecule has 0 bridgehead atoms. The number of aromatic nitrogens is 5. The molecule has 0 aliphatic carbocycles. The van der Waals surface area contributed by atoms with Gasteiger partial charge in [-0.1, -0.05) is 0 Å². The highest BCUT2D eigenvalue weighted by atomic mass is 16.2. The summed E-state index contributed by atoms with van der Waals surface area (Å²) >= 11 is 0. The highest BCUT2D eigenvalue weighted by Gasteiger charge is 2.32. The Morgan fingerprint density at radius 1 is 1.00 bits per heavy atom. The van der Waals surface area contributed by atoms with Crippen molar-refractivity contribution in [3.05, 3.63) is 53.6 Å². The molecule has 27 heavy (non-hydrogen) atoms. The van der Waals surface area contributed by atoms with Crippen molar-refractivity contribution in [3.8, 4) is 5.82 Å². The maximum absolute atomic E-state index is 12.8. The van der Waals surface area contributed by atoms with Crippen LogP contribution in [0.25, 0.3) is 5.82 Å². The smallest absolute Gasteiger partial charge is 0.262 e. The third kappa shape index (κ3) is 2.73. The summed E-state index contributed by atoms with van der Waals surface area (Å²) in [6.45, 7) is 4.42. The first-order chi connectivity index (χ1) is 13.2. The standard InChI is InChI=1S/C19H19N7O/c1-13-4-5-14(10-20-13)25-12-16-15(19(25)27)11-26(23-16)18-7-6-17(21-22-18)24-8-2-3-9-24/h4-7,10-11H,2-3,8-9,12H2,1H3. The lowest BCUT2D eigenvalue weighted by Gasteiger charge is -2.16. The highest BCUT2D eigenvalue weighted by Crippen LogP contribution is 2.28. The van der Waals surface area contributed by atoms with E-state index in [4.69, 9.17) is 0 Å². The molecular weight excluding hydrogens is 342 g/mol. The SMILES string of the molecule is Cc1ccc(N2Cc3nn(-c4ccc(N5CCCC5)nn4)cc3C2=O)cn1. The molecule has 0 saturated carbocycles. The fraction of sp³-hybridized carbons (Fsp3) is 0.316. The second-order valence-electron chi connectivity index (χ2n) is 6.93. The molecule has 3 aromatic rings. The lowest BCUT2D eigenvalue weighted by molar-refractivity contribution is 0.0996. The first-order valence-corrected chi connectivity index (χ1v) is 9.11. The Bertz CT molecular complexity index is 988. The number of amides is 1. The zero-order valence-electron chi connectivity index (χ0n) is 15.0. The van der Waals surface area contributed by atoms with Crippen LogP contribution in [0.4, 0.5) is 11.5 Å². The minimum atomic E-state index is -0.0662. The number of carbonyl (C=O) groups is 1. The Balaban J connectivity index is 1.38. The minimum Gasteiger partial charge on any atom is -0.355 e. The molecule has 2 aliphatic rings. The van der Waals surface area contributed by atoms with E-state index in [1.54, 1.807) is 22.0 Å². The van der Waals surface area contributed by atoms with E-state index in [2.05, 4.69) is 25.2 Å². The van der Waals surface area contributed by atoms with Gasteiger partial charge < -0.3 is 9.80 Å². The summed E-state index contributed by atoms with van der Waals surface area (Å²) in [5.41, 5.74) is 3.04. The van der Waals surface area contributed by atoms with Crippen LogP contribution in [-0.4, -0.2) is 44.0 Å². The molecule has 0 atom stereocenters. The van der Waals surface area contributed by atoms with Gasteiger partial charge in [-0.05, 0) is 44.0 Å². The van der Waals surface area contributed by atoms with Crippen LogP contribution in [0.15, 0.2) is 36.7 Å². The number of aryl methyl sites for hydroxylation is 1. The van der Waals surface area contributed by atoms with Crippen molar-refractivity contribution in [3.63, 3.8) is 0 Å². The minimum absolute atomic E-state index is 0.0662. The van der Waals surface area contributed by atoms with Crippen molar-refractivity contribution in [1.82, 2.24) is 25.0 Å². The Hall–Kier alpha value is -3.29. The molecule has 0 unspecified atom stereocenters. The summed E-state index contributed by atoms with van der Waals surface area (Å²) < 4.78 is 1.63. The molecule has 1 amide bonds. The zero-order valence-corrected chi connectivity index (χ0v) is 15.0. The Labute approximate surface area is 156 Å². The fourth-order valence-corrected chi connectivity index (χ4v) is 3.57. The van der Waals surface area contributed by atoms with Gasteiger partial charge >= 0.3 is 0 Å². The fourth-order valence-electron chi connectivity index (χ4n) is 3.57. The molecule has 3 aromatic heterocycles. The molecule has 0 N–H and O–H groups in total. The summed E-state index contributed by atoms with van der Waals surface area (Å²) in [5.74, 6) is 1.44. The van der Waals surface area contributed by atoms with Gasteiger partial charge in [0.15, 0.2) is 11.6 Å². The number of hydrogen-bond donors (Lipinski definition) is 0. The normalized spacial score (nSPS) is 16.3. The van der Waals surface area contributed by atoms with Gasteiger partial charge in [-0.2, -0.15) is 5.10 Å². The maximum atomic E-state index is 12.8. The van der Waals surface area contributed by atoms with Crippen molar-refractivity contribution in [1.29, 1.82) is 0 Å². The predicted molar refractivity (Wildman–Crippen MR) is 100 cm³/mol. The van der Waals surface area contributed by atoms with E-state index >= 15 is 0 Å². The van der Waals surface area contributed by atoms with Crippen LogP contribution in [-0.2, 0) is 6.54 Å². The summed E-state index contributed by atoms with van der Waals surface area (Å²) in [7, 11) is 0. The summed E-state index contributed by atoms with van der Waals surface area (Å²) in [5, 5.41) is 13.2. The van der Waals surface area contributed by atoms with Crippen LogP contribution >= 0.6 is 0 Å². The molecule has 0 aromatic carbocycles. The number of nitrogens with zero attached hydrogens (tertiary/aromatic N) is 7. The van der Waals surface area contributed by atoms with E-state index in [0.29, 0.717) is 17.9 Å². The number of rotatable bonds is 3. The number of anilines is 2. The van der Waals surface area contributed by atoms with Crippen LogP contribution in [0.5, 0.6) is 0 Å². The highest BCUT2D eigenvalue weighted by molar-refractivity contribution is 6.09. The molecule has 8 nitrogen and oxygen atoms in total. The first-order valence-electron chi connectivity index (χ1n) is 9.11. The van der Waals surface area contributed by atoms with Crippen LogP contribution in [0, 0.1) is 6.92 Å². The monoisotopic (exact) mass is 361 g/mol. The van der Waals surface area contributed by atoms with Gasteiger partial charge in [-0.3, -0.25) is 9.78 Å². The summed E-state index contributed by atoms with van der Waals surface area (Å²) in [4.78, 5) is 21.0. The molecule has 2 aliphatic heterocycles. The van der Waals surface area contributed by atoms with E-state index in [-0.39, 0.29) is 5.91 Å². The Morgan fingerprint density at radius 2 is 1.78 bits per heavy atom. The Morgan fingerprint density at radius 3 is 2.44 bits per heavy atom. The van der Waals surface area contributed by atoms with Crippen LogP contribution in [0.1, 0.15) is 34.6 Å². The van der Waals surface area contributed by atoms with Gasteiger partial charge in [-0.15, -0.1) is 10.2 Å². The third-order valence-electron chi connectivity index (χ3n) is 5.08. The predicted octanol–water partition coefficient (Wildman–Crippen LogP) is 2.13. The maximum Gasteiger partial charge on any atom is 0.262 e. The molecular formula is C19H19N7O. The molecule has 5 rings (SSSR count). The molecule has 1 fully saturated rings. The summed E-state index contributed by atoms with van der Waals surface area (Å²) in [6.07, 6.45) is 5.85. The lowest BCUT2D eigenvalue weighted by atomic mass is 10.3. The largest absolute Gasteiger partial charge is 0.355 e. The summed E-state index contributed by atoms with van der Waals surface area (Å²) in [6, 6.07) is 7.67. The first kappa shape index (κ1) is 15.9. The van der Waals surface area contributed by atoms with Gasteiger partial charge in [0, 0.05) is 25.0 Å². The van der Waals surface area contributed by atoms with Crippen molar-refractivity contribution in [2.24, 2.45) is 0 Å². The second kappa shape index (κ2) is 6.15. The number of fused-ring (bicyclic) bond motifs is 1. The van der Waals surface area contributed by atoms with Crippen molar-refractivity contribution >= 4 is 17.4 Å². The average molecular weight is 361 g/mol. The molecule has 8 heteroatoms. The zero-order chi connectivity index (χ0) is 18.4. The van der Waals surface area contributed by atoms with Crippen LogP contribution < -0.4 is 9.80 Å². The van der Waals surface area contributed by atoms with Gasteiger partial charge in [0.2, 0.25) is 0 Å². The van der Waals surface area contributed by atoms with E-state index in [0.717, 1.165) is 36.0 Å². The van der Waals surface area contributed by atoms with Gasteiger partial charge in [0.25, 0.3) is 5.91 Å².